The Morgan fingerprint density at radius 1 is 0.795 bits per heavy atom. The molecule has 1 heterocycles. The van der Waals surface area contributed by atoms with Crippen LogP contribution in [0.15, 0.2) is 66.7 Å². The highest BCUT2D eigenvalue weighted by molar-refractivity contribution is 6.04. The fraction of sp³-hybridized carbons (Fsp3) is 0.333. The van der Waals surface area contributed by atoms with Gasteiger partial charge in [0.05, 0.1) is 31.2 Å². The molecule has 1 saturated heterocycles. The molecular weight excluding hydrogens is 494 g/mol. The first-order valence-corrected chi connectivity index (χ1v) is 13.2. The van der Waals surface area contributed by atoms with Crippen LogP contribution in [0.25, 0.3) is 0 Å². The van der Waals surface area contributed by atoms with Crippen LogP contribution in [-0.4, -0.2) is 58.9 Å². The molecule has 206 valence electrons. The number of carbonyl (C=O) groups is 2. The maximum Gasteiger partial charge on any atom is 0.323 e. The van der Waals surface area contributed by atoms with E-state index in [1.54, 1.807) is 32.4 Å². The lowest BCUT2D eigenvalue weighted by atomic mass is 10.1. The lowest BCUT2D eigenvalue weighted by Crippen LogP contribution is -2.47. The van der Waals surface area contributed by atoms with Crippen molar-refractivity contribution in [1.29, 1.82) is 0 Å². The van der Waals surface area contributed by atoms with E-state index >= 15 is 0 Å². The highest BCUT2D eigenvalue weighted by Crippen LogP contribution is 2.31. The number of piperazine rings is 1. The Labute approximate surface area is 230 Å². The van der Waals surface area contributed by atoms with Gasteiger partial charge in [-0.1, -0.05) is 38.1 Å². The van der Waals surface area contributed by atoms with Crippen molar-refractivity contribution in [2.45, 2.75) is 13.8 Å². The summed E-state index contributed by atoms with van der Waals surface area (Å²) in [7, 11) is 3.23. The first kappa shape index (κ1) is 27.6. The molecule has 3 amide bonds. The van der Waals surface area contributed by atoms with Gasteiger partial charge in [-0.15, -0.1) is 0 Å². The summed E-state index contributed by atoms with van der Waals surface area (Å²) < 4.78 is 10.9. The summed E-state index contributed by atoms with van der Waals surface area (Å²) in [6, 6.07) is 20.2. The van der Waals surface area contributed by atoms with E-state index in [2.05, 4.69) is 45.7 Å². The lowest BCUT2D eigenvalue weighted by molar-refractivity contribution is 0.0949. The van der Waals surface area contributed by atoms with Crippen LogP contribution in [-0.2, 0) is 0 Å². The van der Waals surface area contributed by atoms with Crippen LogP contribution >= 0.6 is 0 Å². The molecule has 1 aliphatic heterocycles. The molecule has 0 aliphatic carbocycles. The predicted octanol–water partition coefficient (Wildman–Crippen LogP) is 5.06. The van der Waals surface area contributed by atoms with Crippen molar-refractivity contribution < 1.29 is 19.1 Å². The maximum atomic E-state index is 13.3. The lowest BCUT2D eigenvalue weighted by Gasteiger charge is -2.38. The molecule has 0 unspecified atom stereocenters. The summed E-state index contributed by atoms with van der Waals surface area (Å²) in [6.07, 6.45) is 0. The van der Waals surface area contributed by atoms with Crippen LogP contribution in [0, 0.1) is 5.92 Å². The van der Waals surface area contributed by atoms with Gasteiger partial charge in [-0.05, 0) is 48.4 Å². The molecule has 0 radical (unpaired) electrons. The standard InChI is InChI=1S/C30H37N5O4/c1-21(2)20-31-29(36)23-19-22(32-30(37)33-24-9-5-7-11-27(24)38-3)13-14-25(23)34-15-17-35(18-16-34)26-10-6-8-12-28(26)39-4/h5-14,19,21H,15-18,20H2,1-4H3,(H,31,36)(H2,32,33,37). The third-order valence-corrected chi connectivity index (χ3v) is 6.57. The Morgan fingerprint density at radius 2 is 1.41 bits per heavy atom. The second kappa shape index (κ2) is 12.9. The second-order valence-electron chi connectivity index (χ2n) is 9.76. The first-order chi connectivity index (χ1) is 18.9. The first-order valence-electron chi connectivity index (χ1n) is 13.2. The Hall–Kier alpha value is -4.40. The zero-order valence-corrected chi connectivity index (χ0v) is 23.0. The molecule has 1 aliphatic rings. The summed E-state index contributed by atoms with van der Waals surface area (Å²) in [5.74, 6) is 1.56. The average molecular weight is 532 g/mol. The summed E-state index contributed by atoms with van der Waals surface area (Å²) in [5.41, 5.74) is 3.50. The van der Waals surface area contributed by atoms with Gasteiger partial charge >= 0.3 is 6.03 Å². The number of nitrogens with zero attached hydrogens (tertiary/aromatic N) is 2. The van der Waals surface area contributed by atoms with Crippen LogP contribution in [0.1, 0.15) is 24.2 Å². The minimum atomic E-state index is -0.425. The molecule has 9 heteroatoms. The van der Waals surface area contributed by atoms with Crippen LogP contribution in [0.4, 0.5) is 27.5 Å². The highest BCUT2D eigenvalue weighted by atomic mass is 16.5. The molecular formula is C30H37N5O4. The summed E-state index contributed by atoms with van der Waals surface area (Å²) in [4.78, 5) is 30.6. The number of ether oxygens (including phenoxy) is 2. The molecule has 0 atom stereocenters. The summed E-state index contributed by atoms with van der Waals surface area (Å²) in [5, 5.41) is 8.68. The van der Waals surface area contributed by atoms with E-state index in [0.29, 0.717) is 35.2 Å². The van der Waals surface area contributed by atoms with Crippen molar-refractivity contribution in [2.75, 3.05) is 67.4 Å². The van der Waals surface area contributed by atoms with Crippen LogP contribution in [0.5, 0.6) is 11.5 Å². The smallest absolute Gasteiger partial charge is 0.323 e. The molecule has 0 aromatic heterocycles. The minimum absolute atomic E-state index is 0.167. The zero-order chi connectivity index (χ0) is 27.8. The molecule has 1 fully saturated rings. The van der Waals surface area contributed by atoms with Crippen molar-refractivity contribution in [1.82, 2.24) is 5.32 Å². The van der Waals surface area contributed by atoms with Gasteiger partial charge in [-0.25, -0.2) is 4.79 Å². The van der Waals surface area contributed by atoms with Crippen molar-refractivity contribution in [3.63, 3.8) is 0 Å². The van der Waals surface area contributed by atoms with E-state index in [9.17, 15) is 9.59 Å². The van der Waals surface area contributed by atoms with Gasteiger partial charge in [0.25, 0.3) is 5.91 Å². The molecule has 9 nitrogen and oxygen atoms in total. The topological polar surface area (TPSA) is 95.2 Å². The van der Waals surface area contributed by atoms with E-state index in [-0.39, 0.29) is 5.91 Å². The molecule has 0 bridgehead atoms. The highest BCUT2D eigenvalue weighted by Gasteiger charge is 2.24. The Bertz CT molecular complexity index is 1290. The summed E-state index contributed by atoms with van der Waals surface area (Å²) in [6.45, 7) is 7.72. The molecule has 3 N–H and O–H groups in total. The number of rotatable bonds is 9. The normalized spacial score (nSPS) is 13.2. The fourth-order valence-electron chi connectivity index (χ4n) is 4.58. The number of hydrogen-bond donors (Lipinski definition) is 3. The van der Waals surface area contributed by atoms with Crippen molar-refractivity contribution in [3.05, 3.63) is 72.3 Å². The third kappa shape index (κ3) is 6.93. The second-order valence-corrected chi connectivity index (χ2v) is 9.76. The Kier molecular flexibility index (Phi) is 9.14. The summed E-state index contributed by atoms with van der Waals surface area (Å²) >= 11 is 0. The van der Waals surface area contributed by atoms with Crippen LogP contribution in [0.3, 0.4) is 0 Å². The van der Waals surface area contributed by atoms with E-state index < -0.39 is 6.03 Å². The van der Waals surface area contributed by atoms with Gasteiger partial charge in [0, 0.05) is 44.1 Å². The van der Waals surface area contributed by atoms with E-state index in [1.807, 2.05) is 42.5 Å². The number of benzene rings is 3. The Morgan fingerprint density at radius 3 is 2.08 bits per heavy atom. The third-order valence-electron chi connectivity index (χ3n) is 6.57. The number of amides is 3. The monoisotopic (exact) mass is 531 g/mol. The SMILES string of the molecule is COc1ccccc1NC(=O)Nc1ccc(N2CCN(c3ccccc3OC)CC2)c(C(=O)NCC(C)C)c1. The van der Waals surface area contributed by atoms with Crippen LogP contribution < -0.4 is 35.2 Å². The number of hydrogen-bond acceptors (Lipinski definition) is 6. The molecule has 0 saturated carbocycles. The zero-order valence-electron chi connectivity index (χ0n) is 23.0. The number of anilines is 4. The van der Waals surface area contributed by atoms with Gasteiger partial charge in [0.2, 0.25) is 0 Å². The molecule has 0 spiro atoms. The Balaban J connectivity index is 1.51. The van der Waals surface area contributed by atoms with Crippen molar-refractivity contribution >= 4 is 34.7 Å². The van der Waals surface area contributed by atoms with Crippen molar-refractivity contribution in [2.24, 2.45) is 5.92 Å². The maximum absolute atomic E-state index is 13.3. The number of carbonyl (C=O) groups excluding carboxylic acids is 2. The number of methoxy groups -OCH3 is 2. The molecule has 3 aromatic carbocycles. The van der Waals surface area contributed by atoms with Gasteiger partial charge in [-0.2, -0.15) is 0 Å². The van der Waals surface area contributed by atoms with Crippen LogP contribution in [0.2, 0.25) is 0 Å². The average Bonchev–Trinajstić information content (AvgIpc) is 2.96. The van der Waals surface area contributed by atoms with Gasteiger partial charge in [-0.3, -0.25) is 4.79 Å². The van der Waals surface area contributed by atoms with Crippen molar-refractivity contribution in [3.8, 4) is 11.5 Å². The number of urea groups is 1. The quantitative estimate of drug-likeness (QED) is 0.357. The van der Waals surface area contributed by atoms with E-state index in [0.717, 1.165) is 43.3 Å². The largest absolute Gasteiger partial charge is 0.495 e. The predicted molar refractivity (Wildman–Crippen MR) is 157 cm³/mol. The number of nitrogens with one attached hydrogen (secondary N) is 3. The fourth-order valence-corrected chi connectivity index (χ4v) is 4.58. The minimum Gasteiger partial charge on any atom is -0.495 e. The van der Waals surface area contributed by atoms with Gasteiger partial charge < -0.3 is 35.2 Å². The number of para-hydroxylation sites is 4. The van der Waals surface area contributed by atoms with Gasteiger partial charge in [0.15, 0.2) is 0 Å². The van der Waals surface area contributed by atoms with E-state index in [1.165, 1.54) is 0 Å². The molecule has 3 aromatic rings. The molecule has 39 heavy (non-hydrogen) atoms. The van der Waals surface area contributed by atoms with E-state index in [4.69, 9.17) is 9.47 Å². The molecule has 4 rings (SSSR count). The van der Waals surface area contributed by atoms with Gasteiger partial charge in [0.1, 0.15) is 11.5 Å².